The number of morpholine rings is 1. The number of carbonyl (C=O) groups is 2. The summed E-state index contributed by atoms with van der Waals surface area (Å²) in [6.45, 7) is 1.90. The van der Waals surface area contributed by atoms with Crippen LogP contribution in [0.4, 0.5) is 11.4 Å². The maximum absolute atomic E-state index is 12.7. The highest BCUT2D eigenvalue weighted by atomic mass is 35.5. The number of benzene rings is 2. The quantitative estimate of drug-likeness (QED) is 0.639. The highest BCUT2D eigenvalue weighted by Gasteiger charge is 2.22. The molecule has 1 aliphatic heterocycles. The summed E-state index contributed by atoms with van der Waals surface area (Å²) in [4.78, 5) is 37.2. The summed E-state index contributed by atoms with van der Waals surface area (Å²) in [5.74, 6) is -0.763. The van der Waals surface area contributed by atoms with Crippen LogP contribution in [0.1, 0.15) is 20.7 Å². The summed E-state index contributed by atoms with van der Waals surface area (Å²) in [6, 6.07) is 10.2. The van der Waals surface area contributed by atoms with Crippen LogP contribution < -0.4 is 5.32 Å². The fourth-order valence-corrected chi connectivity index (χ4v) is 2.97. The number of non-ortho nitro benzene ring substituents is 1. The second-order valence-electron chi connectivity index (χ2n) is 5.83. The second kappa shape index (κ2) is 8.15. The topological polar surface area (TPSA) is 102 Å². The smallest absolute Gasteiger partial charge is 0.270 e. The van der Waals surface area contributed by atoms with Crippen LogP contribution in [0.15, 0.2) is 42.5 Å². The maximum Gasteiger partial charge on any atom is 0.270 e. The normalized spacial score (nSPS) is 13.9. The average molecular weight is 390 g/mol. The van der Waals surface area contributed by atoms with Crippen molar-refractivity contribution in [2.24, 2.45) is 0 Å². The van der Waals surface area contributed by atoms with Gasteiger partial charge in [-0.05, 0) is 18.2 Å². The fourth-order valence-electron chi connectivity index (χ4n) is 2.71. The van der Waals surface area contributed by atoms with E-state index in [1.807, 2.05) is 0 Å². The molecule has 0 aromatic heterocycles. The predicted octanol–water partition coefficient (Wildman–Crippen LogP) is 2.97. The number of hydrogen-bond acceptors (Lipinski definition) is 5. The number of para-hydroxylation sites is 1. The van der Waals surface area contributed by atoms with Gasteiger partial charge in [-0.15, -0.1) is 0 Å². The highest BCUT2D eigenvalue weighted by Crippen LogP contribution is 2.25. The molecule has 140 valence electrons. The molecule has 0 radical (unpaired) electrons. The van der Waals surface area contributed by atoms with E-state index in [2.05, 4.69) is 5.32 Å². The fraction of sp³-hybridized carbons (Fsp3) is 0.222. The Bertz CT molecular complexity index is 896. The Morgan fingerprint density at radius 2 is 1.81 bits per heavy atom. The van der Waals surface area contributed by atoms with Crippen LogP contribution in [-0.4, -0.2) is 47.9 Å². The standard InChI is InChI=1S/C18H16ClN3O5/c19-15-11-12(22(25)26)5-6-13(15)17(23)20-16-4-2-1-3-14(16)18(24)21-7-9-27-10-8-21/h1-6,11H,7-10H2,(H,20,23). The van der Waals surface area contributed by atoms with Gasteiger partial charge in [0.1, 0.15) is 0 Å². The summed E-state index contributed by atoms with van der Waals surface area (Å²) < 4.78 is 5.25. The van der Waals surface area contributed by atoms with Gasteiger partial charge in [0.15, 0.2) is 0 Å². The van der Waals surface area contributed by atoms with E-state index >= 15 is 0 Å². The predicted molar refractivity (Wildman–Crippen MR) is 99.2 cm³/mol. The lowest BCUT2D eigenvalue weighted by atomic mass is 10.1. The average Bonchev–Trinajstić information content (AvgIpc) is 2.68. The zero-order valence-corrected chi connectivity index (χ0v) is 14.9. The number of anilines is 1. The van der Waals surface area contributed by atoms with Gasteiger partial charge < -0.3 is 15.0 Å². The van der Waals surface area contributed by atoms with Gasteiger partial charge in [-0.2, -0.15) is 0 Å². The minimum absolute atomic E-state index is 0.0429. The highest BCUT2D eigenvalue weighted by molar-refractivity contribution is 6.34. The molecule has 1 fully saturated rings. The molecule has 0 bridgehead atoms. The number of halogens is 1. The lowest BCUT2D eigenvalue weighted by molar-refractivity contribution is -0.384. The Labute approximate surface area is 159 Å². The third kappa shape index (κ3) is 4.24. The molecule has 1 N–H and O–H groups in total. The van der Waals surface area contributed by atoms with Crippen LogP contribution in [0.3, 0.4) is 0 Å². The van der Waals surface area contributed by atoms with Gasteiger partial charge in [0.2, 0.25) is 0 Å². The lowest BCUT2D eigenvalue weighted by Crippen LogP contribution is -2.41. The minimum atomic E-state index is -0.593. The van der Waals surface area contributed by atoms with Crippen LogP contribution in [0.2, 0.25) is 5.02 Å². The van der Waals surface area contributed by atoms with E-state index in [1.165, 1.54) is 12.1 Å². The SMILES string of the molecule is O=C(Nc1ccccc1C(=O)N1CCOCC1)c1ccc([N+](=O)[O-])cc1Cl. The molecular formula is C18H16ClN3O5. The molecule has 2 amide bonds. The molecule has 2 aromatic carbocycles. The molecule has 0 spiro atoms. The summed E-state index contributed by atoms with van der Waals surface area (Å²) >= 11 is 6.00. The summed E-state index contributed by atoms with van der Waals surface area (Å²) in [7, 11) is 0. The monoisotopic (exact) mass is 389 g/mol. The molecule has 0 aliphatic carbocycles. The molecule has 1 saturated heterocycles. The number of carbonyl (C=O) groups excluding carboxylic acids is 2. The Balaban J connectivity index is 1.82. The van der Waals surface area contributed by atoms with E-state index in [4.69, 9.17) is 16.3 Å². The first-order valence-corrected chi connectivity index (χ1v) is 8.56. The molecule has 0 saturated carbocycles. The van der Waals surface area contributed by atoms with Crippen LogP contribution in [0, 0.1) is 10.1 Å². The van der Waals surface area contributed by atoms with Crippen molar-refractivity contribution in [3.63, 3.8) is 0 Å². The number of ether oxygens (including phenoxy) is 1. The molecule has 27 heavy (non-hydrogen) atoms. The molecule has 0 unspecified atom stereocenters. The minimum Gasteiger partial charge on any atom is -0.378 e. The molecule has 0 atom stereocenters. The first kappa shape index (κ1) is 18.8. The summed E-state index contributed by atoms with van der Waals surface area (Å²) in [5.41, 5.74) is 0.564. The zero-order chi connectivity index (χ0) is 19.4. The zero-order valence-electron chi connectivity index (χ0n) is 14.2. The third-order valence-corrected chi connectivity index (χ3v) is 4.42. The Morgan fingerprint density at radius 1 is 1.11 bits per heavy atom. The van der Waals surface area contributed by atoms with Crippen molar-refractivity contribution < 1.29 is 19.2 Å². The third-order valence-electron chi connectivity index (χ3n) is 4.11. The van der Waals surface area contributed by atoms with E-state index in [-0.39, 0.29) is 22.2 Å². The number of amides is 2. The van der Waals surface area contributed by atoms with Crippen molar-refractivity contribution in [1.82, 2.24) is 4.90 Å². The van der Waals surface area contributed by atoms with Crippen LogP contribution in [0.25, 0.3) is 0 Å². The number of nitrogens with zero attached hydrogens (tertiary/aromatic N) is 2. The van der Waals surface area contributed by atoms with Gasteiger partial charge in [0, 0.05) is 25.2 Å². The van der Waals surface area contributed by atoms with Crippen molar-refractivity contribution in [1.29, 1.82) is 0 Å². The molecule has 1 aliphatic rings. The lowest BCUT2D eigenvalue weighted by Gasteiger charge is -2.27. The number of nitro benzene ring substituents is 1. The van der Waals surface area contributed by atoms with Gasteiger partial charge >= 0.3 is 0 Å². The van der Waals surface area contributed by atoms with Crippen LogP contribution in [0.5, 0.6) is 0 Å². The summed E-state index contributed by atoms with van der Waals surface area (Å²) in [6.07, 6.45) is 0. The Hall–Kier alpha value is -2.97. The van der Waals surface area contributed by atoms with Gasteiger partial charge in [0.05, 0.1) is 40.0 Å². The van der Waals surface area contributed by atoms with Gasteiger partial charge in [0.25, 0.3) is 17.5 Å². The molecule has 3 rings (SSSR count). The van der Waals surface area contributed by atoms with Crippen LogP contribution in [-0.2, 0) is 4.74 Å². The van der Waals surface area contributed by atoms with Crippen molar-refractivity contribution >= 4 is 34.8 Å². The molecule has 2 aromatic rings. The molecular weight excluding hydrogens is 374 g/mol. The summed E-state index contributed by atoms with van der Waals surface area (Å²) in [5, 5.41) is 13.4. The van der Waals surface area contributed by atoms with Crippen molar-refractivity contribution in [3.8, 4) is 0 Å². The van der Waals surface area contributed by atoms with E-state index in [1.54, 1.807) is 29.2 Å². The second-order valence-corrected chi connectivity index (χ2v) is 6.23. The van der Waals surface area contributed by atoms with E-state index in [0.717, 1.165) is 6.07 Å². The van der Waals surface area contributed by atoms with E-state index in [0.29, 0.717) is 37.6 Å². The van der Waals surface area contributed by atoms with Crippen LogP contribution >= 0.6 is 11.6 Å². The Morgan fingerprint density at radius 3 is 2.48 bits per heavy atom. The molecule has 1 heterocycles. The Kier molecular flexibility index (Phi) is 5.68. The number of nitrogens with one attached hydrogen (secondary N) is 1. The first-order chi connectivity index (χ1) is 13.0. The maximum atomic E-state index is 12.7. The number of hydrogen-bond donors (Lipinski definition) is 1. The number of rotatable bonds is 4. The van der Waals surface area contributed by atoms with Gasteiger partial charge in [-0.25, -0.2) is 0 Å². The van der Waals surface area contributed by atoms with Gasteiger partial charge in [-0.3, -0.25) is 19.7 Å². The van der Waals surface area contributed by atoms with E-state index < -0.39 is 10.8 Å². The molecule has 9 heteroatoms. The molecule has 8 nitrogen and oxygen atoms in total. The largest absolute Gasteiger partial charge is 0.378 e. The van der Waals surface area contributed by atoms with E-state index in [9.17, 15) is 19.7 Å². The van der Waals surface area contributed by atoms with Crippen molar-refractivity contribution in [2.45, 2.75) is 0 Å². The first-order valence-electron chi connectivity index (χ1n) is 8.18. The van der Waals surface area contributed by atoms with Crippen molar-refractivity contribution in [3.05, 3.63) is 68.7 Å². The van der Waals surface area contributed by atoms with Crippen molar-refractivity contribution in [2.75, 3.05) is 31.6 Å². The van der Waals surface area contributed by atoms with Gasteiger partial charge in [-0.1, -0.05) is 23.7 Å². The number of nitro groups is 1.